The molecule has 0 saturated heterocycles. The van der Waals surface area contributed by atoms with Crippen molar-refractivity contribution in [3.05, 3.63) is 67.4 Å². The van der Waals surface area contributed by atoms with Gasteiger partial charge in [0.05, 0.1) is 0 Å². The van der Waals surface area contributed by atoms with Crippen LogP contribution in [0.5, 0.6) is 11.6 Å². The van der Waals surface area contributed by atoms with Crippen LogP contribution < -0.4 is 15.2 Å². The largest absolute Gasteiger partial charge is 0.443 e. The highest BCUT2D eigenvalue weighted by Crippen LogP contribution is 2.23. The van der Waals surface area contributed by atoms with Crippen molar-refractivity contribution in [1.82, 2.24) is 4.98 Å². The minimum Gasteiger partial charge on any atom is -0.443 e. The third-order valence-corrected chi connectivity index (χ3v) is 2.84. The second kappa shape index (κ2) is 7.42. The number of nitrogens with two attached hydrogens (primary N) is 1. The van der Waals surface area contributed by atoms with E-state index in [0.717, 1.165) is 0 Å². The number of nitrogens with zero attached hydrogens (tertiary/aromatic N) is 1. The van der Waals surface area contributed by atoms with Crippen LogP contribution in [0, 0.1) is 0 Å². The van der Waals surface area contributed by atoms with Crippen molar-refractivity contribution in [2.75, 3.05) is 0 Å². The molecule has 1 aromatic heterocycles. The average molecular weight is 314 g/mol. The first-order chi connectivity index (χ1) is 11.0. The zero-order chi connectivity index (χ0) is 16.7. The molecule has 2 atom stereocenters. The number of benzene rings is 1. The number of para-hydroxylation sites is 1. The van der Waals surface area contributed by atoms with Crippen molar-refractivity contribution in [2.24, 2.45) is 5.73 Å². The average Bonchev–Trinajstić information content (AvgIpc) is 2.56. The summed E-state index contributed by atoms with van der Waals surface area (Å²) in [5, 5.41) is 0. The Labute approximate surface area is 134 Å². The number of rotatable bonds is 7. The predicted octanol–water partition coefficient (Wildman–Crippen LogP) is 2.27. The maximum Gasteiger partial charge on any atom is 0.394 e. The molecule has 0 fully saturated rings. The standard InChI is InChI=1S/C17H18N2O4/c1-3-14(18)21-16(20)17(2,22-13-9-5-4-6-10-13)23-15-11-7-8-12-19-15/h3-12,14H,1,18H2,2H3. The maximum atomic E-state index is 12.4. The fraction of sp³-hybridized carbons (Fsp3) is 0.176. The van der Waals surface area contributed by atoms with E-state index >= 15 is 0 Å². The predicted molar refractivity (Wildman–Crippen MR) is 84.6 cm³/mol. The smallest absolute Gasteiger partial charge is 0.394 e. The van der Waals surface area contributed by atoms with E-state index in [4.69, 9.17) is 19.9 Å². The van der Waals surface area contributed by atoms with Gasteiger partial charge < -0.3 is 14.2 Å². The molecule has 6 heteroatoms. The van der Waals surface area contributed by atoms with E-state index in [1.54, 1.807) is 48.7 Å². The minimum absolute atomic E-state index is 0.218. The summed E-state index contributed by atoms with van der Waals surface area (Å²) in [6.07, 6.45) is 1.87. The van der Waals surface area contributed by atoms with Crippen LogP contribution in [0.15, 0.2) is 67.4 Å². The number of carbonyl (C=O) groups is 1. The van der Waals surface area contributed by atoms with Crippen LogP contribution in [0.3, 0.4) is 0 Å². The van der Waals surface area contributed by atoms with E-state index in [0.29, 0.717) is 5.75 Å². The number of ether oxygens (including phenoxy) is 3. The monoisotopic (exact) mass is 314 g/mol. The van der Waals surface area contributed by atoms with Crippen molar-refractivity contribution in [3.8, 4) is 11.6 Å². The molecule has 120 valence electrons. The van der Waals surface area contributed by atoms with Crippen molar-refractivity contribution in [1.29, 1.82) is 0 Å². The highest BCUT2D eigenvalue weighted by atomic mass is 16.7. The van der Waals surface area contributed by atoms with Crippen molar-refractivity contribution in [3.63, 3.8) is 0 Å². The quantitative estimate of drug-likeness (QED) is 0.479. The Morgan fingerprint density at radius 1 is 1.22 bits per heavy atom. The molecule has 0 aliphatic rings. The Kier molecular flexibility index (Phi) is 5.32. The van der Waals surface area contributed by atoms with Crippen LogP contribution in [0.25, 0.3) is 0 Å². The van der Waals surface area contributed by atoms with Crippen molar-refractivity contribution in [2.45, 2.75) is 18.9 Å². The lowest BCUT2D eigenvalue weighted by molar-refractivity contribution is -0.191. The molecule has 2 N–H and O–H groups in total. The lowest BCUT2D eigenvalue weighted by atomic mass is 10.3. The number of hydrogen-bond donors (Lipinski definition) is 1. The summed E-state index contributed by atoms with van der Waals surface area (Å²) in [5.74, 6) is -1.89. The third kappa shape index (κ3) is 4.55. The van der Waals surface area contributed by atoms with Gasteiger partial charge >= 0.3 is 11.8 Å². The summed E-state index contributed by atoms with van der Waals surface area (Å²) in [5.41, 5.74) is 5.57. The lowest BCUT2D eigenvalue weighted by Crippen LogP contribution is -2.50. The summed E-state index contributed by atoms with van der Waals surface area (Å²) in [6, 6.07) is 13.8. The van der Waals surface area contributed by atoms with Gasteiger partial charge in [-0.25, -0.2) is 9.78 Å². The van der Waals surface area contributed by atoms with Crippen LogP contribution in [-0.2, 0) is 9.53 Å². The van der Waals surface area contributed by atoms with E-state index in [1.807, 2.05) is 6.07 Å². The second-order valence-corrected chi connectivity index (χ2v) is 4.74. The Morgan fingerprint density at radius 2 is 1.91 bits per heavy atom. The zero-order valence-electron chi connectivity index (χ0n) is 12.7. The van der Waals surface area contributed by atoms with Crippen molar-refractivity contribution < 1.29 is 19.0 Å². The summed E-state index contributed by atoms with van der Waals surface area (Å²) in [7, 11) is 0. The second-order valence-electron chi connectivity index (χ2n) is 4.74. The maximum absolute atomic E-state index is 12.4. The van der Waals surface area contributed by atoms with Crippen LogP contribution in [0.1, 0.15) is 6.92 Å². The normalized spacial score (nSPS) is 14.2. The molecule has 23 heavy (non-hydrogen) atoms. The minimum atomic E-state index is -1.75. The van der Waals surface area contributed by atoms with Gasteiger partial charge in [0, 0.05) is 19.2 Å². The summed E-state index contributed by atoms with van der Waals surface area (Å²) in [6.45, 7) is 4.90. The van der Waals surface area contributed by atoms with Gasteiger partial charge in [-0.15, -0.1) is 0 Å². The van der Waals surface area contributed by atoms with E-state index < -0.39 is 18.0 Å². The van der Waals surface area contributed by atoms with Gasteiger partial charge in [-0.3, -0.25) is 5.73 Å². The molecule has 1 heterocycles. The van der Waals surface area contributed by atoms with Crippen LogP contribution >= 0.6 is 0 Å². The van der Waals surface area contributed by atoms with Crippen LogP contribution in [0.2, 0.25) is 0 Å². The molecule has 0 amide bonds. The van der Waals surface area contributed by atoms with Crippen LogP contribution in [-0.4, -0.2) is 23.0 Å². The molecule has 0 spiro atoms. The molecular formula is C17H18N2O4. The van der Waals surface area contributed by atoms with E-state index in [2.05, 4.69) is 11.6 Å². The number of pyridine rings is 1. The molecule has 2 unspecified atom stereocenters. The summed E-state index contributed by atoms with van der Waals surface area (Å²) < 4.78 is 16.4. The van der Waals surface area contributed by atoms with E-state index in [-0.39, 0.29) is 5.88 Å². The zero-order valence-corrected chi connectivity index (χ0v) is 12.7. The number of hydrogen-bond acceptors (Lipinski definition) is 6. The third-order valence-electron chi connectivity index (χ3n) is 2.84. The summed E-state index contributed by atoms with van der Waals surface area (Å²) in [4.78, 5) is 16.4. The molecule has 0 bridgehead atoms. The Morgan fingerprint density at radius 3 is 2.52 bits per heavy atom. The Hall–Kier alpha value is -2.86. The molecular weight excluding hydrogens is 296 g/mol. The molecule has 0 saturated carbocycles. The molecule has 6 nitrogen and oxygen atoms in total. The summed E-state index contributed by atoms with van der Waals surface area (Å²) >= 11 is 0. The first kappa shape index (κ1) is 16.5. The molecule has 1 aromatic carbocycles. The molecule has 2 aromatic rings. The van der Waals surface area contributed by atoms with E-state index in [1.165, 1.54) is 13.0 Å². The molecule has 2 rings (SSSR count). The highest BCUT2D eigenvalue weighted by Gasteiger charge is 2.41. The number of esters is 1. The Balaban J connectivity index is 2.25. The van der Waals surface area contributed by atoms with Gasteiger partial charge in [-0.05, 0) is 24.3 Å². The number of carbonyl (C=O) groups excluding carboxylic acids is 1. The Bertz CT molecular complexity index is 605. The van der Waals surface area contributed by atoms with Gasteiger partial charge in [0.2, 0.25) is 5.88 Å². The fourth-order valence-corrected chi connectivity index (χ4v) is 1.70. The van der Waals surface area contributed by atoms with Gasteiger partial charge in [0.15, 0.2) is 6.23 Å². The highest BCUT2D eigenvalue weighted by molar-refractivity contribution is 5.78. The fourth-order valence-electron chi connectivity index (χ4n) is 1.70. The topological polar surface area (TPSA) is 83.7 Å². The first-order valence-electron chi connectivity index (χ1n) is 6.97. The first-order valence-corrected chi connectivity index (χ1v) is 6.97. The number of aromatic nitrogens is 1. The van der Waals surface area contributed by atoms with Gasteiger partial charge in [0.1, 0.15) is 5.75 Å². The van der Waals surface area contributed by atoms with Gasteiger partial charge in [0.25, 0.3) is 0 Å². The molecule has 0 aliphatic carbocycles. The lowest BCUT2D eigenvalue weighted by Gasteiger charge is -2.29. The molecule has 0 radical (unpaired) electrons. The van der Waals surface area contributed by atoms with Gasteiger partial charge in [-0.2, -0.15) is 0 Å². The van der Waals surface area contributed by atoms with Crippen LogP contribution in [0.4, 0.5) is 0 Å². The van der Waals surface area contributed by atoms with Crippen molar-refractivity contribution >= 4 is 5.97 Å². The van der Waals surface area contributed by atoms with E-state index in [9.17, 15) is 4.79 Å². The van der Waals surface area contributed by atoms with Gasteiger partial charge in [-0.1, -0.05) is 30.8 Å². The molecule has 0 aliphatic heterocycles. The SMILES string of the molecule is C=CC(N)OC(=O)C(C)(Oc1ccccc1)Oc1ccccn1.